The number of hydrogen-bond donors (Lipinski definition) is 4. The molecule has 416 valence electrons. The summed E-state index contributed by atoms with van der Waals surface area (Å²) in [5.41, 5.74) is 2.88. The molecule has 2 aromatic heterocycles. The fraction of sp³-hybridized carbons (Fsp3) is 0.679. The van der Waals surface area contributed by atoms with Crippen LogP contribution in [0, 0.1) is 23.7 Å². The van der Waals surface area contributed by atoms with Gasteiger partial charge in [-0.3, -0.25) is 19.2 Å². The predicted octanol–water partition coefficient (Wildman–Crippen LogP) is 3.29. The second-order valence-corrected chi connectivity index (χ2v) is 20.1. The molecule has 0 amide bonds. The molecule has 75 heavy (non-hydrogen) atoms. The predicted molar refractivity (Wildman–Crippen MR) is 268 cm³/mol. The van der Waals surface area contributed by atoms with E-state index in [9.17, 15) is 34.8 Å². The first kappa shape index (κ1) is 59.4. The number of cyclic esters (lactones) is 1. The van der Waals surface area contributed by atoms with Crippen LogP contribution in [0.1, 0.15) is 79.3 Å². The molecule has 0 spiro atoms. The van der Waals surface area contributed by atoms with Crippen LogP contribution in [0.5, 0.6) is 5.75 Å². The van der Waals surface area contributed by atoms with E-state index in [1.54, 1.807) is 45.5 Å². The van der Waals surface area contributed by atoms with Gasteiger partial charge in [0.05, 0.1) is 61.9 Å². The van der Waals surface area contributed by atoms with E-state index in [1.165, 1.54) is 26.6 Å². The third-order valence-electron chi connectivity index (χ3n) is 14.6. The Labute approximate surface area is 438 Å². The summed E-state index contributed by atoms with van der Waals surface area (Å²) in [6, 6.07) is 6.57. The number of methoxy groups -OCH3 is 2. The number of aryl methyl sites for hydroxylation is 1. The van der Waals surface area contributed by atoms with Gasteiger partial charge in [-0.05, 0) is 76.9 Å². The Morgan fingerprint density at radius 3 is 2.31 bits per heavy atom. The second kappa shape index (κ2) is 28.5. The highest BCUT2D eigenvalue weighted by Crippen LogP contribution is 2.35. The molecule has 5 heterocycles. The highest BCUT2D eigenvalue weighted by Gasteiger charge is 2.48. The molecule has 1 unspecified atom stereocenters. The highest BCUT2D eigenvalue weighted by atomic mass is 16.7. The van der Waals surface area contributed by atoms with Crippen molar-refractivity contribution in [1.82, 2.24) is 30.3 Å². The normalized spacial score (nSPS) is 34.6. The molecule has 3 aliphatic heterocycles. The molecule has 6 rings (SSSR count). The smallest absolute Gasteiger partial charge is 0.308 e. The van der Waals surface area contributed by atoms with E-state index in [4.69, 9.17) is 42.4 Å². The summed E-state index contributed by atoms with van der Waals surface area (Å²) in [6.07, 6.45) is -1.85. The largest absolute Gasteiger partial charge is 0.494 e. The minimum absolute atomic E-state index is 0.0119. The minimum atomic E-state index is -1.42. The quantitative estimate of drug-likeness (QED) is 0.0718. The molecule has 1 aromatic carbocycles. The summed E-state index contributed by atoms with van der Waals surface area (Å²) in [5, 5.41) is 62.1. The Kier molecular flexibility index (Phi) is 22.6. The topological polar surface area (TPSA) is 279 Å². The zero-order chi connectivity index (χ0) is 54.3. The van der Waals surface area contributed by atoms with Crippen LogP contribution >= 0.6 is 0 Å². The highest BCUT2D eigenvalue weighted by molar-refractivity contribution is 5.91. The Hall–Kier alpha value is -4.85. The van der Waals surface area contributed by atoms with E-state index in [1.807, 2.05) is 55.3 Å². The molecule has 0 bridgehead atoms. The maximum atomic E-state index is 13.8. The van der Waals surface area contributed by atoms with Crippen LogP contribution in [0.4, 0.5) is 0 Å². The van der Waals surface area contributed by atoms with Crippen molar-refractivity contribution in [3.8, 4) is 17.0 Å². The third-order valence-corrected chi connectivity index (χ3v) is 14.6. The molecule has 22 heteroatoms. The van der Waals surface area contributed by atoms with Crippen LogP contribution in [0.15, 0.2) is 65.0 Å². The number of carbonyl (C=O) groups is 3. The summed E-state index contributed by atoms with van der Waals surface area (Å²) >= 11 is 0. The van der Waals surface area contributed by atoms with Crippen LogP contribution in [-0.4, -0.2) is 189 Å². The number of ketones is 1. The molecule has 22 nitrogen and oxygen atoms in total. The van der Waals surface area contributed by atoms with Crippen LogP contribution in [0.3, 0.4) is 0 Å². The molecule has 2 saturated heterocycles. The molecule has 2 fully saturated rings. The van der Waals surface area contributed by atoms with E-state index in [0.29, 0.717) is 61.7 Å². The van der Waals surface area contributed by atoms with E-state index >= 15 is 0 Å². The van der Waals surface area contributed by atoms with E-state index in [2.05, 4.69) is 20.7 Å². The first-order chi connectivity index (χ1) is 36.0. The molecule has 4 N–H and O–H groups in total. The van der Waals surface area contributed by atoms with Crippen LogP contribution < -0.4 is 4.74 Å². The number of aliphatic hydroxyl groups is 4. The van der Waals surface area contributed by atoms with E-state index < -0.39 is 116 Å². The van der Waals surface area contributed by atoms with Gasteiger partial charge in [0, 0.05) is 81.4 Å². The monoisotopic (exact) mass is 1050 g/mol. The fourth-order valence-corrected chi connectivity index (χ4v) is 10.1. The van der Waals surface area contributed by atoms with Gasteiger partial charge < -0.3 is 67.6 Å². The van der Waals surface area contributed by atoms with E-state index in [-0.39, 0.29) is 25.2 Å². The van der Waals surface area contributed by atoms with Gasteiger partial charge in [0.15, 0.2) is 24.6 Å². The molecule has 0 radical (unpaired) electrons. The summed E-state index contributed by atoms with van der Waals surface area (Å²) < 4.78 is 54.8. The lowest BCUT2D eigenvalue weighted by molar-refractivity contribution is -0.305. The lowest BCUT2D eigenvalue weighted by atomic mass is 9.79. The maximum Gasteiger partial charge on any atom is 0.308 e. The van der Waals surface area contributed by atoms with Crippen molar-refractivity contribution in [2.75, 3.05) is 41.0 Å². The molecule has 0 saturated carbocycles. The number of nitrogens with zero attached hydrogens (tertiary/aromatic N) is 6. The number of carbonyl (C=O) groups excluding carboxylic acids is 3. The first-order valence-corrected chi connectivity index (χ1v) is 25.9. The number of aromatic nitrogens is 5. The number of benzene rings is 1. The number of aldehydes is 1. The van der Waals surface area contributed by atoms with Gasteiger partial charge in [0.25, 0.3) is 0 Å². The maximum absolute atomic E-state index is 13.8. The van der Waals surface area contributed by atoms with Gasteiger partial charge >= 0.3 is 5.97 Å². The number of likely N-dealkylation sites (N-methyl/N-ethyl adjacent to an activating group) is 1. The van der Waals surface area contributed by atoms with Crippen LogP contribution in [-0.2, 0) is 60.5 Å². The minimum Gasteiger partial charge on any atom is -0.494 e. The summed E-state index contributed by atoms with van der Waals surface area (Å²) in [7, 11) is 4.70. The van der Waals surface area contributed by atoms with Crippen LogP contribution in [0.2, 0.25) is 0 Å². The van der Waals surface area contributed by atoms with Gasteiger partial charge in [-0.1, -0.05) is 43.7 Å². The fourth-order valence-electron chi connectivity index (χ4n) is 10.1. The number of aliphatic hydroxyl groups excluding tert-OH is 4. The Morgan fingerprint density at radius 1 is 0.907 bits per heavy atom. The number of allylic oxidation sites excluding steroid dienone is 3. The molecular weight excluding hydrogens is 977 g/mol. The molecule has 3 aromatic rings. The van der Waals surface area contributed by atoms with Crippen molar-refractivity contribution in [2.24, 2.45) is 23.7 Å². The van der Waals surface area contributed by atoms with Gasteiger partial charge in [0.1, 0.15) is 48.2 Å². The molecule has 17 atom stereocenters. The second-order valence-electron chi connectivity index (χ2n) is 20.1. The number of ether oxygens (including phenoxy) is 8. The standard InChI is InChI=1S/C53H78N6O16/c1-10-43-37(28-70-53-51(68-9)50(67-8)47(65)34(6)73-53)24-30(2)12-17-41(61)31(3)25-36(19-22-60)49(32(4)42(62)26-44(63)74-43)75-52-48(66)45(46(64)33(5)72-52)58(7)21-18-38-27-59(56-54-38)20-11-23-69-39-15-13-35(14-16-39)40-29-71-57-55-40/h12-17,22,24,27,29,31-34,36-37,42-43,45-53,62,64-66H,10-11,18-21,23,25-26,28H2,1-9H3/b17-12+,30-24+/t31-,32+,33-,34-,36+,37-,42-,43-,45-,46-,47-,48-,49-,50-,51-,52+,53?/m1/s1. The SMILES string of the molecule is CC[C@H]1OC(=O)C[C@@H](O)[C@H](C)[C@@H](O[C@@H]2O[C@H](C)[C@@H](O)[C@@H](N(C)CCc3cn(CCCOc4ccc(-c5conn5)cc4)nn3)[C@H]2O)[C@@H](CC=O)C[C@@H](C)C(=O)/C=C/C(C)=C/[C@@H]1COC1O[C@H](C)[C@@H](O)[C@@H](OC)[C@H]1OC. The van der Waals surface area contributed by atoms with Crippen molar-refractivity contribution in [1.29, 1.82) is 0 Å². The Morgan fingerprint density at radius 2 is 1.63 bits per heavy atom. The zero-order valence-electron chi connectivity index (χ0n) is 44.5. The molecule has 0 aliphatic carbocycles. The van der Waals surface area contributed by atoms with Crippen molar-refractivity contribution < 1.29 is 77.2 Å². The zero-order valence-corrected chi connectivity index (χ0v) is 44.5. The first-order valence-electron chi connectivity index (χ1n) is 25.9. The van der Waals surface area contributed by atoms with Gasteiger partial charge in [-0.15, -0.1) is 10.2 Å². The average molecular weight is 1060 g/mol. The van der Waals surface area contributed by atoms with Crippen molar-refractivity contribution in [2.45, 2.75) is 166 Å². The van der Waals surface area contributed by atoms with Gasteiger partial charge in [-0.25, -0.2) is 0 Å². The summed E-state index contributed by atoms with van der Waals surface area (Å²) in [4.78, 5) is 41.8. The molecule has 3 aliphatic rings. The average Bonchev–Trinajstić information content (AvgIpc) is 4.11. The Bertz CT molecular complexity index is 2280. The van der Waals surface area contributed by atoms with Gasteiger partial charge in [-0.2, -0.15) is 0 Å². The van der Waals surface area contributed by atoms with Crippen molar-refractivity contribution >= 4 is 18.0 Å². The Balaban J connectivity index is 1.11. The van der Waals surface area contributed by atoms with Crippen LogP contribution in [0.25, 0.3) is 11.3 Å². The number of rotatable bonds is 20. The number of hydrogen-bond acceptors (Lipinski definition) is 21. The summed E-state index contributed by atoms with van der Waals surface area (Å²) in [6.45, 7) is 11.8. The molecular formula is C53H78N6O16. The lowest BCUT2D eigenvalue weighted by Crippen LogP contribution is -2.64. The van der Waals surface area contributed by atoms with Gasteiger partial charge in [0.2, 0.25) is 0 Å². The lowest BCUT2D eigenvalue weighted by Gasteiger charge is -2.47. The number of esters is 1. The third kappa shape index (κ3) is 15.9. The summed E-state index contributed by atoms with van der Waals surface area (Å²) in [5.74, 6) is -2.93. The van der Waals surface area contributed by atoms with Crippen molar-refractivity contribution in [3.63, 3.8) is 0 Å². The van der Waals surface area contributed by atoms with E-state index in [0.717, 1.165) is 11.8 Å². The van der Waals surface area contributed by atoms with Crippen molar-refractivity contribution in [3.05, 3.63) is 66.2 Å².